The Morgan fingerprint density at radius 3 is 2.62 bits per heavy atom. The van der Waals surface area contributed by atoms with Crippen LogP contribution in [-0.4, -0.2) is 58.9 Å². The zero-order valence-electron chi connectivity index (χ0n) is 19.7. The molecule has 0 bridgehead atoms. The van der Waals surface area contributed by atoms with Gasteiger partial charge in [-0.3, -0.25) is 4.98 Å². The lowest BCUT2D eigenvalue weighted by Crippen LogP contribution is -2.33. The highest BCUT2D eigenvalue weighted by Gasteiger charge is 2.41. The summed E-state index contributed by atoms with van der Waals surface area (Å²) >= 11 is 0. The van der Waals surface area contributed by atoms with Gasteiger partial charge in [-0.05, 0) is 67.7 Å². The van der Waals surface area contributed by atoms with Crippen molar-refractivity contribution < 1.29 is 20.6 Å². The van der Waals surface area contributed by atoms with Crippen molar-refractivity contribution in [1.82, 2.24) is 20.1 Å². The number of likely N-dealkylation sites (tertiary alicyclic amines) is 1. The van der Waals surface area contributed by atoms with Gasteiger partial charge in [0, 0.05) is 46.7 Å². The highest BCUT2D eigenvalue weighted by molar-refractivity contribution is 5.62. The van der Waals surface area contributed by atoms with Gasteiger partial charge >= 0.3 is 6.18 Å². The van der Waals surface area contributed by atoms with Crippen molar-refractivity contribution in [2.75, 3.05) is 38.1 Å². The number of halogens is 3. The monoisotopic (exact) mass is 449 g/mol. The third kappa shape index (κ3) is 4.73. The molecule has 172 valence electrons. The molecule has 0 aromatic carbocycles. The summed E-state index contributed by atoms with van der Waals surface area (Å²) in [7, 11) is 0. The number of alkyl halides is 3. The van der Waals surface area contributed by atoms with Gasteiger partial charge in [0.1, 0.15) is 5.82 Å². The normalized spacial score (nSPS) is 30.0. The second-order valence-electron chi connectivity index (χ2n) is 8.98. The molecule has 1 N–H and O–H groups in total. The first-order chi connectivity index (χ1) is 16.2. The highest BCUT2D eigenvalue weighted by Crippen LogP contribution is 2.40. The van der Waals surface area contributed by atoms with Gasteiger partial charge in [-0.1, -0.05) is 0 Å². The number of aromatic nitrogens is 3. The van der Waals surface area contributed by atoms with Gasteiger partial charge in [-0.25, -0.2) is 0 Å². The van der Waals surface area contributed by atoms with Crippen LogP contribution in [0.1, 0.15) is 34.1 Å². The van der Waals surface area contributed by atoms with E-state index in [9.17, 15) is 13.2 Å². The fourth-order valence-electron chi connectivity index (χ4n) is 5.22. The SMILES string of the molecule is [2H]C([2H])([C@@H]1CCCOC1)N1C[C@H]2CC(Nc3ccc(-c4cccnc4C(F)(F)F)nn3)C[C@H]2C1. The number of nitrogens with zero attached hydrogens (tertiary/aromatic N) is 4. The molecule has 1 aliphatic carbocycles. The molecule has 4 atom stereocenters. The standard InChI is InChI=1S/C23H28F3N5O/c24-23(25,26)22-19(4-1-7-27-22)20-5-6-21(30-29-20)28-18-9-16-12-31(13-17(16)10-18)11-15-3-2-8-32-14-15/h1,4-7,15-18H,2-3,8-14H2,(H,28,30)/t15-,16-,17+,18?/m0/s1/i11D2. The van der Waals surface area contributed by atoms with Crippen LogP contribution in [0.5, 0.6) is 0 Å². The van der Waals surface area contributed by atoms with Crippen LogP contribution in [0.3, 0.4) is 0 Å². The average molecular weight is 450 g/mol. The molecule has 1 unspecified atom stereocenters. The van der Waals surface area contributed by atoms with Gasteiger partial charge in [0.05, 0.1) is 12.3 Å². The largest absolute Gasteiger partial charge is 0.434 e. The van der Waals surface area contributed by atoms with Crippen LogP contribution in [0.25, 0.3) is 11.3 Å². The van der Waals surface area contributed by atoms with Gasteiger partial charge < -0.3 is 15.0 Å². The van der Waals surface area contributed by atoms with Crippen LogP contribution in [-0.2, 0) is 10.9 Å². The molecule has 3 aliphatic rings. The van der Waals surface area contributed by atoms with Gasteiger partial charge in [0.15, 0.2) is 5.69 Å². The summed E-state index contributed by atoms with van der Waals surface area (Å²) in [6.45, 7) is 1.33. The van der Waals surface area contributed by atoms with Crippen LogP contribution in [0.4, 0.5) is 19.0 Å². The summed E-state index contributed by atoms with van der Waals surface area (Å²) in [5.74, 6) is 1.27. The minimum atomic E-state index is -4.57. The fraction of sp³-hybridized carbons (Fsp3) is 0.609. The average Bonchev–Trinajstić information content (AvgIpc) is 3.39. The van der Waals surface area contributed by atoms with Crippen molar-refractivity contribution in [1.29, 1.82) is 0 Å². The molecule has 2 aliphatic heterocycles. The van der Waals surface area contributed by atoms with Crippen molar-refractivity contribution in [2.45, 2.75) is 37.9 Å². The maximum atomic E-state index is 13.2. The van der Waals surface area contributed by atoms with E-state index in [1.165, 1.54) is 18.2 Å². The number of anilines is 1. The van der Waals surface area contributed by atoms with E-state index in [4.69, 9.17) is 7.48 Å². The van der Waals surface area contributed by atoms with Crippen molar-refractivity contribution in [2.24, 2.45) is 17.8 Å². The third-order valence-corrected chi connectivity index (χ3v) is 6.65. The Balaban J connectivity index is 1.19. The van der Waals surface area contributed by atoms with Crippen molar-refractivity contribution in [3.05, 3.63) is 36.2 Å². The summed E-state index contributed by atoms with van der Waals surface area (Å²) in [6, 6.07) is 6.15. The Bertz CT molecular complexity index is 987. The number of nitrogens with one attached hydrogen (secondary N) is 1. The predicted octanol–water partition coefficient (Wildman–Crippen LogP) is 4.11. The fourth-order valence-corrected chi connectivity index (χ4v) is 5.22. The van der Waals surface area contributed by atoms with E-state index in [0.29, 0.717) is 24.3 Å². The number of pyridine rings is 1. The first-order valence-electron chi connectivity index (χ1n) is 12.2. The van der Waals surface area contributed by atoms with E-state index >= 15 is 0 Å². The molecule has 5 rings (SSSR count). The maximum absolute atomic E-state index is 13.2. The minimum Gasteiger partial charge on any atom is -0.381 e. The molecule has 2 aromatic rings. The lowest BCUT2D eigenvalue weighted by atomic mass is 10.0. The summed E-state index contributed by atoms with van der Waals surface area (Å²) < 4.78 is 62.6. The van der Waals surface area contributed by atoms with E-state index < -0.39 is 18.4 Å². The number of hydrogen-bond donors (Lipinski definition) is 1. The van der Waals surface area contributed by atoms with Gasteiger partial charge in [-0.2, -0.15) is 13.2 Å². The molecule has 9 heteroatoms. The highest BCUT2D eigenvalue weighted by atomic mass is 19.4. The quantitative estimate of drug-likeness (QED) is 0.742. The van der Waals surface area contributed by atoms with Crippen molar-refractivity contribution in [3.8, 4) is 11.3 Å². The van der Waals surface area contributed by atoms with Crippen LogP contribution < -0.4 is 5.32 Å². The van der Waals surface area contributed by atoms with Gasteiger partial charge in [0.2, 0.25) is 0 Å². The molecule has 4 heterocycles. The van der Waals surface area contributed by atoms with Crippen LogP contribution in [0.15, 0.2) is 30.5 Å². The summed E-state index contributed by atoms with van der Waals surface area (Å²) in [5, 5.41) is 11.5. The Kier molecular flexibility index (Phi) is 5.37. The van der Waals surface area contributed by atoms with Crippen LogP contribution in [0.2, 0.25) is 0 Å². The smallest absolute Gasteiger partial charge is 0.381 e. The molecule has 3 fully saturated rings. The van der Waals surface area contributed by atoms with E-state index in [1.807, 2.05) is 4.90 Å². The summed E-state index contributed by atoms with van der Waals surface area (Å²) in [4.78, 5) is 5.47. The predicted molar refractivity (Wildman–Crippen MR) is 114 cm³/mol. The van der Waals surface area contributed by atoms with Crippen molar-refractivity contribution >= 4 is 5.82 Å². The number of fused-ring (bicyclic) bond motifs is 1. The molecular formula is C23H28F3N5O. The summed E-state index contributed by atoms with van der Waals surface area (Å²) in [6.07, 6.45) is 0.133. The topological polar surface area (TPSA) is 63.2 Å². The Labute approximate surface area is 188 Å². The van der Waals surface area contributed by atoms with Crippen molar-refractivity contribution in [3.63, 3.8) is 0 Å². The molecule has 2 aromatic heterocycles. The minimum absolute atomic E-state index is 0.0829. The molecule has 2 saturated heterocycles. The third-order valence-electron chi connectivity index (χ3n) is 6.65. The Morgan fingerprint density at radius 2 is 1.97 bits per heavy atom. The number of rotatable bonds is 5. The molecule has 32 heavy (non-hydrogen) atoms. The first kappa shape index (κ1) is 19.2. The van der Waals surface area contributed by atoms with E-state index in [0.717, 1.165) is 51.6 Å². The van der Waals surface area contributed by atoms with Gasteiger partial charge in [-0.15, -0.1) is 10.2 Å². The first-order valence-corrected chi connectivity index (χ1v) is 11.2. The molecule has 0 amide bonds. The summed E-state index contributed by atoms with van der Waals surface area (Å²) in [5.41, 5.74) is -0.946. The molecule has 1 saturated carbocycles. The maximum Gasteiger partial charge on any atom is 0.434 e. The molecular weight excluding hydrogens is 419 g/mol. The zero-order chi connectivity index (χ0) is 23.9. The molecule has 0 spiro atoms. The molecule has 0 radical (unpaired) electrons. The van der Waals surface area contributed by atoms with E-state index in [1.54, 1.807) is 6.07 Å². The van der Waals surface area contributed by atoms with E-state index in [2.05, 4.69) is 20.5 Å². The Morgan fingerprint density at radius 1 is 1.16 bits per heavy atom. The van der Waals surface area contributed by atoms with Crippen LogP contribution >= 0.6 is 0 Å². The second-order valence-corrected chi connectivity index (χ2v) is 8.98. The van der Waals surface area contributed by atoms with Crippen LogP contribution in [0, 0.1) is 17.8 Å². The number of ether oxygens (including phenoxy) is 1. The second kappa shape index (κ2) is 8.94. The number of hydrogen-bond acceptors (Lipinski definition) is 6. The van der Waals surface area contributed by atoms with E-state index in [-0.39, 0.29) is 23.2 Å². The molecule has 6 nitrogen and oxygen atoms in total. The van der Waals surface area contributed by atoms with Gasteiger partial charge in [0.25, 0.3) is 0 Å². The zero-order valence-corrected chi connectivity index (χ0v) is 17.7. The lowest BCUT2D eigenvalue weighted by molar-refractivity contribution is -0.140. The Hall–Kier alpha value is -2.26. The lowest BCUT2D eigenvalue weighted by Gasteiger charge is -2.27.